The van der Waals surface area contributed by atoms with E-state index in [0.717, 1.165) is 22.6 Å². The Morgan fingerprint density at radius 3 is 1.67 bits per heavy atom. The molecule has 0 radical (unpaired) electrons. The molecular weight excluding hydrogens is 260 g/mol. The molecule has 0 aromatic heterocycles. The van der Waals surface area contributed by atoms with Gasteiger partial charge in [-0.2, -0.15) is 0 Å². The molecule has 0 spiro atoms. The molecule has 2 aromatic carbocycles. The van der Waals surface area contributed by atoms with Crippen LogP contribution in [-0.4, -0.2) is 14.2 Å². The first-order chi connectivity index (χ1) is 9.98. The maximum atomic E-state index is 5.22. The highest BCUT2D eigenvalue weighted by Crippen LogP contribution is 2.37. The zero-order valence-corrected chi connectivity index (χ0v) is 13.1. The van der Waals surface area contributed by atoms with Crippen LogP contribution in [0.25, 0.3) is 5.57 Å². The van der Waals surface area contributed by atoms with Crippen molar-refractivity contribution in [3.05, 3.63) is 66.2 Å². The van der Waals surface area contributed by atoms with Crippen LogP contribution in [0.15, 0.2) is 55.1 Å². The van der Waals surface area contributed by atoms with Gasteiger partial charge in [0.1, 0.15) is 11.5 Å². The average Bonchev–Trinajstić information content (AvgIpc) is 2.54. The highest BCUT2D eigenvalue weighted by atomic mass is 16.5. The maximum absolute atomic E-state index is 5.22. The minimum absolute atomic E-state index is 0.152. The van der Waals surface area contributed by atoms with E-state index in [0.29, 0.717) is 0 Å². The van der Waals surface area contributed by atoms with Gasteiger partial charge in [-0.1, -0.05) is 44.7 Å². The summed E-state index contributed by atoms with van der Waals surface area (Å²) in [5.74, 6) is 1.72. The van der Waals surface area contributed by atoms with Crippen LogP contribution in [0.3, 0.4) is 0 Å². The lowest BCUT2D eigenvalue weighted by molar-refractivity contribution is 0.414. The first kappa shape index (κ1) is 15.2. The first-order valence-corrected chi connectivity index (χ1v) is 6.97. The molecular formula is C19H22O2. The largest absolute Gasteiger partial charge is 0.497 e. The molecule has 0 amide bonds. The smallest absolute Gasteiger partial charge is 0.118 e. The van der Waals surface area contributed by atoms with Gasteiger partial charge in [0.15, 0.2) is 0 Å². The third-order valence-corrected chi connectivity index (χ3v) is 4.00. The monoisotopic (exact) mass is 282 g/mol. The predicted octanol–water partition coefficient (Wildman–Crippen LogP) is 4.69. The third-order valence-electron chi connectivity index (χ3n) is 4.00. The van der Waals surface area contributed by atoms with E-state index in [1.165, 1.54) is 5.56 Å². The van der Waals surface area contributed by atoms with Crippen molar-refractivity contribution in [3.63, 3.8) is 0 Å². The van der Waals surface area contributed by atoms with Gasteiger partial charge >= 0.3 is 0 Å². The first-order valence-electron chi connectivity index (χ1n) is 6.97. The van der Waals surface area contributed by atoms with Crippen LogP contribution in [-0.2, 0) is 5.41 Å². The van der Waals surface area contributed by atoms with Gasteiger partial charge in [-0.3, -0.25) is 0 Å². The van der Waals surface area contributed by atoms with Crippen LogP contribution in [0, 0.1) is 0 Å². The summed E-state index contributed by atoms with van der Waals surface area (Å²) in [6, 6.07) is 16.2. The van der Waals surface area contributed by atoms with E-state index >= 15 is 0 Å². The maximum Gasteiger partial charge on any atom is 0.118 e. The number of ether oxygens (including phenoxy) is 2. The molecule has 0 aliphatic carbocycles. The third kappa shape index (κ3) is 3.10. The van der Waals surface area contributed by atoms with Gasteiger partial charge < -0.3 is 9.47 Å². The van der Waals surface area contributed by atoms with E-state index in [2.05, 4.69) is 32.6 Å². The van der Waals surface area contributed by atoms with Crippen LogP contribution in [0.2, 0.25) is 0 Å². The molecule has 2 aromatic rings. The summed E-state index contributed by atoms with van der Waals surface area (Å²) in [5.41, 5.74) is 3.26. The van der Waals surface area contributed by atoms with Crippen LogP contribution in [0.5, 0.6) is 11.5 Å². The van der Waals surface area contributed by atoms with E-state index < -0.39 is 0 Å². The molecule has 2 nitrogen and oxygen atoms in total. The summed E-state index contributed by atoms with van der Waals surface area (Å²) in [6.07, 6.45) is 0. The molecule has 0 saturated carbocycles. The minimum Gasteiger partial charge on any atom is -0.497 e. The number of allylic oxidation sites excluding steroid dienone is 1. The Labute approximate surface area is 127 Å². The summed E-state index contributed by atoms with van der Waals surface area (Å²) in [4.78, 5) is 0. The fourth-order valence-corrected chi connectivity index (χ4v) is 2.33. The van der Waals surface area contributed by atoms with Crippen molar-refractivity contribution < 1.29 is 9.47 Å². The zero-order valence-electron chi connectivity index (χ0n) is 13.1. The van der Waals surface area contributed by atoms with Gasteiger partial charge in [-0.05, 0) is 41.0 Å². The van der Waals surface area contributed by atoms with Crippen molar-refractivity contribution in [1.82, 2.24) is 0 Å². The lowest BCUT2D eigenvalue weighted by atomic mass is 9.75. The van der Waals surface area contributed by atoms with E-state index in [1.807, 2.05) is 36.4 Å². The molecule has 0 aliphatic rings. The van der Waals surface area contributed by atoms with Crippen LogP contribution in [0.4, 0.5) is 0 Å². The van der Waals surface area contributed by atoms with Crippen molar-refractivity contribution >= 4 is 5.57 Å². The van der Waals surface area contributed by atoms with Gasteiger partial charge in [0.25, 0.3) is 0 Å². The molecule has 21 heavy (non-hydrogen) atoms. The van der Waals surface area contributed by atoms with E-state index in [9.17, 15) is 0 Å². The van der Waals surface area contributed by atoms with Crippen LogP contribution < -0.4 is 9.47 Å². The van der Waals surface area contributed by atoms with E-state index in [-0.39, 0.29) is 5.41 Å². The second kappa shape index (κ2) is 6.04. The Kier molecular flexibility index (Phi) is 4.37. The lowest BCUT2D eigenvalue weighted by Gasteiger charge is -2.28. The van der Waals surface area contributed by atoms with Gasteiger partial charge in [0, 0.05) is 5.41 Å². The fourth-order valence-electron chi connectivity index (χ4n) is 2.33. The zero-order chi connectivity index (χ0) is 15.5. The molecule has 0 bridgehead atoms. The van der Waals surface area contributed by atoms with E-state index in [4.69, 9.17) is 9.47 Å². The predicted molar refractivity (Wildman–Crippen MR) is 88.0 cm³/mol. The average molecular weight is 282 g/mol. The molecule has 0 N–H and O–H groups in total. The minimum atomic E-state index is -0.152. The SMILES string of the molecule is C=C(c1ccc(OC)cc1)C(C)(C)c1ccc(OC)cc1. The summed E-state index contributed by atoms with van der Waals surface area (Å²) in [7, 11) is 3.35. The summed E-state index contributed by atoms with van der Waals surface area (Å²) in [5, 5.41) is 0. The number of hydrogen-bond acceptors (Lipinski definition) is 2. The van der Waals surface area contributed by atoms with Gasteiger partial charge in [0.2, 0.25) is 0 Å². The lowest BCUT2D eigenvalue weighted by Crippen LogP contribution is -2.18. The Balaban J connectivity index is 2.29. The normalized spacial score (nSPS) is 11.0. The Bertz CT molecular complexity index is 607. The Hall–Kier alpha value is -2.22. The quantitative estimate of drug-likeness (QED) is 0.791. The second-order valence-electron chi connectivity index (χ2n) is 5.56. The Morgan fingerprint density at radius 1 is 0.810 bits per heavy atom. The molecule has 0 aliphatic heterocycles. The van der Waals surface area contributed by atoms with E-state index in [1.54, 1.807) is 14.2 Å². The molecule has 110 valence electrons. The molecule has 2 rings (SSSR count). The molecule has 2 heteroatoms. The van der Waals surface area contributed by atoms with Crippen molar-refractivity contribution in [3.8, 4) is 11.5 Å². The molecule has 0 fully saturated rings. The summed E-state index contributed by atoms with van der Waals surface area (Å²) >= 11 is 0. The summed E-state index contributed by atoms with van der Waals surface area (Å²) in [6.45, 7) is 8.66. The van der Waals surface area contributed by atoms with Crippen molar-refractivity contribution in [2.45, 2.75) is 19.3 Å². The molecule has 0 heterocycles. The van der Waals surface area contributed by atoms with Gasteiger partial charge in [-0.15, -0.1) is 0 Å². The van der Waals surface area contributed by atoms with Crippen molar-refractivity contribution in [1.29, 1.82) is 0 Å². The number of rotatable bonds is 5. The van der Waals surface area contributed by atoms with Crippen molar-refractivity contribution in [2.24, 2.45) is 0 Å². The van der Waals surface area contributed by atoms with Gasteiger partial charge in [-0.25, -0.2) is 0 Å². The fraction of sp³-hybridized carbons (Fsp3) is 0.263. The highest BCUT2D eigenvalue weighted by Gasteiger charge is 2.25. The molecule has 0 atom stereocenters. The summed E-state index contributed by atoms with van der Waals surface area (Å²) < 4.78 is 10.4. The number of hydrogen-bond donors (Lipinski definition) is 0. The molecule has 0 saturated heterocycles. The number of methoxy groups -OCH3 is 2. The Morgan fingerprint density at radius 2 is 1.24 bits per heavy atom. The standard InChI is InChI=1S/C19H22O2/c1-14(15-6-10-17(20-4)11-7-15)19(2,3)16-8-12-18(21-5)13-9-16/h6-13H,1H2,2-5H3. The van der Waals surface area contributed by atoms with Crippen LogP contribution >= 0.6 is 0 Å². The molecule has 0 unspecified atom stereocenters. The van der Waals surface area contributed by atoms with Crippen LogP contribution in [0.1, 0.15) is 25.0 Å². The highest BCUT2D eigenvalue weighted by molar-refractivity contribution is 5.73. The number of benzene rings is 2. The van der Waals surface area contributed by atoms with Crippen molar-refractivity contribution in [2.75, 3.05) is 14.2 Å². The topological polar surface area (TPSA) is 18.5 Å². The second-order valence-corrected chi connectivity index (χ2v) is 5.56. The van der Waals surface area contributed by atoms with Gasteiger partial charge in [0.05, 0.1) is 14.2 Å².